The van der Waals surface area contributed by atoms with Crippen molar-refractivity contribution in [2.24, 2.45) is 0 Å². The van der Waals surface area contributed by atoms with Crippen LogP contribution >= 0.6 is 0 Å². The molecule has 0 radical (unpaired) electrons. The number of hydrogen-bond donors (Lipinski definition) is 2. The molecule has 1 aromatic rings. The maximum absolute atomic E-state index is 11.9. The minimum Gasteiger partial charge on any atom is -0.481 e. The summed E-state index contributed by atoms with van der Waals surface area (Å²) in [6, 6.07) is 8.77. The molecule has 0 saturated carbocycles. The number of alkyl halides is 3. The predicted octanol–water partition coefficient (Wildman–Crippen LogP) is 3.18. The van der Waals surface area contributed by atoms with Crippen LogP contribution in [0.3, 0.4) is 0 Å². The highest BCUT2D eigenvalue weighted by molar-refractivity contribution is 5.76. The van der Waals surface area contributed by atoms with Crippen molar-refractivity contribution in [2.75, 3.05) is 13.1 Å². The van der Waals surface area contributed by atoms with Crippen molar-refractivity contribution in [3.05, 3.63) is 35.9 Å². The van der Waals surface area contributed by atoms with Gasteiger partial charge in [0.2, 0.25) is 0 Å². The van der Waals surface area contributed by atoms with E-state index >= 15 is 0 Å². The number of carboxylic acid groups (broad SMARTS) is 1. The van der Waals surface area contributed by atoms with Crippen LogP contribution in [0.2, 0.25) is 0 Å². The molecule has 0 fully saturated rings. The third-order valence-electron chi connectivity index (χ3n) is 2.91. The number of halogens is 3. The molecule has 6 heteroatoms. The van der Waals surface area contributed by atoms with Crippen molar-refractivity contribution >= 4 is 5.97 Å². The number of hydrogen-bond acceptors (Lipinski definition) is 2. The summed E-state index contributed by atoms with van der Waals surface area (Å²) in [4.78, 5) is 11.2. The van der Waals surface area contributed by atoms with E-state index in [0.717, 1.165) is 0 Å². The van der Waals surface area contributed by atoms with E-state index in [1.165, 1.54) is 0 Å². The van der Waals surface area contributed by atoms with E-state index in [-0.39, 0.29) is 13.0 Å². The first-order valence-corrected chi connectivity index (χ1v) is 6.45. The van der Waals surface area contributed by atoms with Gasteiger partial charge in [-0.25, -0.2) is 0 Å². The van der Waals surface area contributed by atoms with Crippen LogP contribution in [0.1, 0.15) is 30.7 Å². The maximum atomic E-state index is 11.9. The molecule has 1 aromatic carbocycles. The van der Waals surface area contributed by atoms with Crippen molar-refractivity contribution in [3.8, 4) is 0 Å². The van der Waals surface area contributed by atoms with Gasteiger partial charge in [-0.1, -0.05) is 30.3 Å². The molecule has 3 nitrogen and oxygen atoms in total. The molecule has 0 spiro atoms. The van der Waals surface area contributed by atoms with Crippen LogP contribution in [0.4, 0.5) is 13.2 Å². The molecular weight excluding hydrogens is 271 g/mol. The number of rotatable bonds is 8. The number of unbranched alkanes of at least 4 members (excludes halogenated alkanes) is 1. The van der Waals surface area contributed by atoms with E-state index in [0.29, 0.717) is 18.5 Å². The van der Waals surface area contributed by atoms with E-state index in [2.05, 4.69) is 5.32 Å². The molecule has 0 aliphatic heterocycles. The zero-order valence-corrected chi connectivity index (χ0v) is 11.0. The fourth-order valence-corrected chi connectivity index (χ4v) is 1.85. The Bertz CT molecular complexity index is 407. The summed E-state index contributed by atoms with van der Waals surface area (Å²) in [7, 11) is 0. The lowest BCUT2D eigenvalue weighted by Gasteiger charge is -2.14. The molecule has 0 aromatic heterocycles. The summed E-state index contributed by atoms with van der Waals surface area (Å²) in [6.45, 7) is 0.595. The highest BCUT2D eigenvalue weighted by Crippen LogP contribution is 2.22. The highest BCUT2D eigenvalue weighted by Gasteiger charge is 2.25. The summed E-state index contributed by atoms with van der Waals surface area (Å²) in [5.41, 5.74) is 0.683. The molecule has 0 aliphatic rings. The Balaban J connectivity index is 2.29. The van der Waals surface area contributed by atoms with E-state index in [1.54, 1.807) is 30.3 Å². The Morgan fingerprint density at radius 1 is 1.20 bits per heavy atom. The summed E-state index contributed by atoms with van der Waals surface area (Å²) in [6.07, 6.45) is -4.48. The highest BCUT2D eigenvalue weighted by atomic mass is 19.4. The van der Waals surface area contributed by atoms with E-state index in [1.807, 2.05) is 0 Å². The van der Waals surface area contributed by atoms with Gasteiger partial charge in [0.05, 0.1) is 5.92 Å². The minimum absolute atomic E-state index is 0.0551. The first-order valence-electron chi connectivity index (χ1n) is 6.45. The van der Waals surface area contributed by atoms with Crippen LogP contribution in [0.5, 0.6) is 0 Å². The van der Waals surface area contributed by atoms with Crippen LogP contribution < -0.4 is 5.32 Å². The molecule has 0 bridgehead atoms. The second-order valence-electron chi connectivity index (χ2n) is 4.58. The van der Waals surface area contributed by atoms with E-state index < -0.39 is 24.5 Å². The lowest BCUT2D eigenvalue weighted by molar-refractivity contribution is -0.138. The van der Waals surface area contributed by atoms with Crippen LogP contribution in [-0.2, 0) is 4.79 Å². The standard InChI is InChI=1S/C14H18F3NO2/c15-14(16,17)8-4-5-9-18-10-12(13(19)20)11-6-2-1-3-7-11/h1-3,6-7,12,18H,4-5,8-10H2,(H,19,20). The van der Waals surface area contributed by atoms with Crippen molar-refractivity contribution < 1.29 is 23.1 Å². The third kappa shape index (κ3) is 6.56. The van der Waals surface area contributed by atoms with Gasteiger partial charge in [-0.15, -0.1) is 0 Å². The van der Waals surface area contributed by atoms with Crippen molar-refractivity contribution in [2.45, 2.75) is 31.4 Å². The SMILES string of the molecule is O=C(O)C(CNCCCCC(F)(F)F)c1ccccc1. The average molecular weight is 289 g/mol. The monoisotopic (exact) mass is 289 g/mol. The Morgan fingerprint density at radius 3 is 2.40 bits per heavy atom. The average Bonchev–Trinajstić information content (AvgIpc) is 2.37. The van der Waals surface area contributed by atoms with Gasteiger partial charge in [0, 0.05) is 13.0 Å². The zero-order valence-electron chi connectivity index (χ0n) is 11.0. The molecule has 0 heterocycles. The summed E-state index contributed by atoms with van der Waals surface area (Å²) < 4.78 is 35.8. The summed E-state index contributed by atoms with van der Waals surface area (Å²) in [5.74, 6) is -1.63. The van der Waals surface area contributed by atoms with Gasteiger partial charge in [-0.2, -0.15) is 13.2 Å². The lowest BCUT2D eigenvalue weighted by Crippen LogP contribution is -2.27. The number of aliphatic carboxylic acids is 1. The summed E-state index contributed by atoms with van der Waals surface area (Å²) in [5, 5.41) is 12.1. The van der Waals surface area contributed by atoms with Crippen LogP contribution in [0, 0.1) is 0 Å². The first-order chi connectivity index (χ1) is 9.40. The first kappa shape index (κ1) is 16.5. The molecule has 112 valence electrons. The van der Waals surface area contributed by atoms with Crippen LogP contribution in [0.15, 0.2) is 30.3 Å². The number of carbonyl (C=O) groups is 1. The molecule has 1 unspecified atom stereocenters. The second kappa shape index (κ2) is 7.89. The van der Waals surface area contributed by atoms with Gasteiger partial charge >= 0.3 is 12.1 Å². The van der Waals surface area contributed by atoms with Gasteiger partial charge in [0.1, 0.15) is 0 Å². The quantitative estimate of drug-likeness (QED) is 0.723. The zero-order chi connectivity index (χ0) is 15.0. The van der Waals surface area contributed by atoms with Crippen molar-refractivity contribution in [1.82, 2.24) is 5.32 Å². The summed E-state index contributed by atoms with van der Waals surface area (Å²) >= 11 is 0. The lowest BCUT2D eigenvalue weighted by atomic mass is 9.99. The Morgan fingerprint density at radius 2 is 1.85 bits per heavy atom. The molecule has 0 amide bonds. The maximum Gasteiger partial charge on any atom is 0.389 e. The minimum atomic E-state index is -4.12. The van der Waals surface area contributed by atoms with Gasteiger partial charge in [-0.05, 0) is 24.9 Å². The van der Waals surface area contributed by atoms with Gasteiger partial charge in [-0.3, -0.25) is 4.79 Å². The molecular formula is C14H18F3NO2. The molecule has 1 atom stereocenters. The number of benzene rings is 1. The molecule has 0 aliphatic carbocycles. The largest absolute Gasteiger partial charge is 0.481 e. The van der Waals surface area contributed by atoms with Crippen LogP contribution in [-0.4, -0.2) is 30.3 Å². The second-order valence-corrected chi connectivity index (χ2v) is 4.58. The Labute approximate surface area is 115 Å². The van der Waals surface area contributed by atoms with Crippen molar-refractivity contribution in [3.63, 3.8) is 0 Å². The smallest absolute Gasteiger partial charge is 0.389 e. The normalized spacial score (nSPS) is 13.2. The van der Waals surface area contributed by atoms with E-state index in [9.17, 15) is 18.0 Å². The topological polar surface area (TPSA) is 49.3 Å². The molecule has 1 rings (SSSR count). The van der Waals surface area contributed by atoms with Gasteiger partial charge in [0.15, 0.2) is 0 Å². The van der Waals surface area contributed by atoms with Gasteiger partial charge < -0.3 is 10.4 Å². The molecule has 20 heavy (non-hydrogen) atoms. The fraction of sp³-hybridized carbons (Fsp3) is 0.500. The molecule has 0 saturated heterocycles. The van der Waals surface area contributed by atoms with Crippen LogP contribution in [0.25, 0.3) is 0 Å². The third-order valence-corrected chi connectivity index (χ3v) is 2.91. The Hall–Kier alpha value is -1.56. The molecule has 2 N–H and O–H groups in total. The Kier molecular flexibility index (Phi) is 6.51. The van der Waals surface area contributed by atoms with Crippen molar-refractivity contribution in [1.29, 1.82) is 0 Å². The fourth-order valence-electron chi connectivity index (χ4n) is 1.85. The predicted molar refractivity (Wildman–Crippen MR) is 69.6 cm³/mol. The number of nitrogens with one attached hydrogen (secondary N) is 1. The van der Waals surface area contributed by atoms with E-state index in [4.69, 9.17) is 5.11 Å². The van der Waals surface area contributed by atoms with Gasteiger partial charge in [0.25, 0.3) is 0 Å². The number of carboxylic acids is 1.